The number of hydrogen-bond donors (Lipinski definition) is 0. The molecule has 0 bridgehead atoms. The lowest BCUT2D eigenvalue weighted by atomic mass is 10.2. The van der Waals surface area contributed by atoms with E-state index in [1.165, 1.54) is 16.5 Å². The van der Waals surface area contributed by atoms with Crippen LogP contribution in [0.2, 0.25) is 0 Å². The number of ether oxygens (including phenoxy) is 1. The van der Waals surface area contributed by atoms with Crippen LogP contribution < -0.4 is 10.5 Å². The van der Waals surface area contributed by atoms with Crippen LogP contribution in [0.1, 0.15) is 0 Å². The fourth-order valence-electron chi connectivity index (χ4n) is 2.37. The van der Waals surface area contributed by atoms with E-state index in [2.05, 4.69) is 4.98 Å². The highest BCUT2D eigenvalue weighted by Gasteiger charge is 2.21. The van der Waals surface area contributed by atoms with Crippen LogP contribution >= 0.6 is 0 Å². The molecule has 0 aliphatic carbocycles. The number of morpholine rings is 1. The molecule has 0 amide bonds. The Morgan fingerprint density at radius 1 is 1.45 bits per heavy atom. The highest BCUT2D eigenvalue weighted by Crippen LogP contribution is 2.15. The van der Waals surface area contributed by atoms with Crippen LogP contribution in [0.3, 0.4) is 0 Å². The van der Waals surface area contributed by atoms with Gasteiger partial charge in [0.15, 0.2) is 0 Å². The SMILES string of the molecule is O=c1cc(N2CCOC(/C=C/[N+](=O)[O-])C2)nc2ccccn12. The number of nitrogens with zero attached hydrogens (tertiary/aromatic N) is 4. The van der Waals surface area contributed by atoms with Crippen molar-refractivity contribution in [3.05, 3.63) is 63.2 Å². The normalized spacial score (nSPS) is 18.9. The minimum absolute atomic E-state index is 0.163. The van der Waals surface area contributed by atoms with Gasteiger partial charge in [0, 0.05) is 31.4 Å². The molecule has 3 rings (SSSR count). The summed E-state index contributed by atoms with van der Waals surface area (Å²) in [6.07, 6.45) is 3.54. The van der Waals surface area contributed by atoms with Crippen molar-refractivity contribution in [1.82, 2.24) is 9.38 Å². The second-order valence-corrected chi connectivity index (χ2v) is 4.86. The Bertz CT molecular complexity index is 786. The van der Waals surface area contributed by atoms with E-state index in [0.717, 1.165) is 6.20 Å². The first kappa shape index (κ1) is 14.2. The van der Waals surface area contributed by atoms with Crippen LogP contribution in [0, 0.1) is 10.1 Å². The van der Waals surface area contributed by atoms with Crippen LogP contribution in [0.5, 0.6) is 0 Å². The van der Waals surface area contributed by atoms with E-state index in [1.807, 2.05) is 11.0 Å². The standard InChI is InChI=1S/C14H14N4O4/c19-14-9-13(15-12-3-1-2-5-17(12)14)16-7-8-22-11(10-16)4-6-18(20)21/h1-6,9,11H,7-8,10H2/b6-4+. The van der Waals surface area contributed by atoms with Crippen molar-refractivity contribution in [1.29, 1.82) is 0 Å². The average molecular weight is 302 g/mol. The quantitative estimate of drug-likeness (QED) is 0.612. The first-order valence-corrected chi connectivity index (χ1v) is 6.80. The highest BCUT2D eigenvalue weighted by atomic mass is 16.6. The maximum absolute atomic E-state index is 12.1. The smallest absolute Gasteiger partial charge is 0.259 e. The van der Waals surface area contributed by atoms with E-state index in [9.17, 15) is 14.9 Å². The first-order chi connectivity index (χ1) is 10.6. The Morgan fingerprint density at radius 2 is 2.32 bits per heavy atom. The van der Waals surface area contributed by atoms with Crippen molar-refractivity contribution in [2.45, 2.75) is 6.10 Å². The summed E-state index contributed by atoms with van der Waals surface area (Å²) >= 11 is 0. The van der Waals surface area contributed by atoms with Crippen molar-refractivity contribution >= 4 is 11.5 Å². The van der Waals surface area contributed by atoms with Gasteiger partial charge in [-0.15, -0.1) is 0 Å². The lowest BCUT2D eigenvalue weighted by Gasteiger charge is -2.32. The van der Waals surface area contributed by atoms with Crippen LogP contribution in [0.15, 0.2) is 47.5 Å². The van der Waals surface area contributed by atoms with Gasteiger partial charge in [-0.3, -0.25) is 19.3 Å². The number of fused-ring (bicyclic) bond motifs is 1. The fourth-order valence-corrected chi connectivity index (χ4v) is 2.37. The summed E-state index contributed by atoms with van der Waals surface area (Å²) in [5.74, 6) is 0.555. The average Bonchev–Trinajstić information content (AvgIpc) is 2.53. The third-order valence-corrected chi connectivity index (χ3v) is 3.40. The van der Waals surface area contributed by atoms with Gasteiger partial charge in [-0.1, -0.05) is 6.07 Å². The van der Waals surface area contributed by atoms with Crippen LogP contribution in [-0.2, 0) is 4.74 Å². The molecule has 8 heteroatoms. The topological polar surface area (TPSA) is 90.0 Å². The summed E-state index contributed by atoms with van der Waals surface area (Å²) in [7, 11) is 0. The first-order valence-electron chi connectivity index (χ1n) is 6.80. The van der Waals surface area contributed by atoms with E-state index in [0.29, 0.717) is 31.2 Å². The molecular weight excluding hydrogens is 288 g/mol. The number of anilines is 1. The number of nitro groups is 1. The zero-order valence-electron chi connectivity index (χ0n) is 11.7. The fraction of sp³-hybridized carbons (Fsp3) is 0.286. The summed E-state index contributed by atoms with van der Waals surface area (Å²) in [5, 5.41) is 10.4. The molecule has 1 saturated heterocycles. The molecule has 1 aliphatic rings. The molecule has 1 aliphatic heterocycles. The lowest BCUT2D eigenvalue weighted by molar-refractivity contribution is -0.403. The second kappa shape index (κ2) is 5.94. The van der Waals surface area contributed by atoms with Crippen molar-refractivity contribution in [3.63, 3.8) is 0 Å². The molecule has 3 heterocycles. The molecule has 1 unspecified atom stereocenters. The van der Waals surface area contributed by atoms with E-state index >= 15 is 0 Å². The molecule has 8 nitrogen and oxygen atoms in total. The summed E-state index contributed by atoms with van der Waals surface area (Å²) < 4.78 is 6.92. The monoisotopic (exact) mass is 302 g/mol. The molecule has 114 valence electrons. The maximum Gasteiger partial charge on any atom is 0.259 e. The number of hydrogen-bond acceptors (Lipinski definition) is 6. The predicted molar refractivity (Wildman–Crippen MR) is 79.5 cm³/mol. The van der Waals surface area contributed by atoms with Gasteiger partial charge in [-0.25, -0.2) is 4.98 Å². The number of aromatic nitrogens is 2. The second-order valence-electron chi connectivity index (χ2n) is 4.86. The molecule has 0 N–H and O–H groups in total. The third kappa shape index (κ3) is 2.96. The van der Waals surface area contributed by atoms with Gasteiger partial charge in [0.25, 0.3) is 5.56 Å². The van der Waals surface area contributed by atoms with E-state index < -0.39 is 11.0 Å². The van der Waals surface area contributed by atoms with Crippen LogP contribution in [0.4, 0.5) is 5.82 Å². The molecule has 0 spiro atoms. The van der Waals surface area contributed by atoms with Gasteiger partial charge in [0.2, 0.25) is 6.20 Å². The van der Waals surface area contributed by atoms with Crippen LogP contribution in [-0.4, -0.2) is 40.1 Å². The van der Waals surface area contributed by atoms with Gasteiger partial charge in [0.05, 0.1) is 17.6 Å². The van der Waals surface area contributed by atoms with Gasteiger partial charge >= 0.3 is 0 Å². The van der Waals surface area contributed by atoms with E-state index in [-0.39, 0.29) is 5.56 Å². The molecule has 22 heavy (non-hydrogen) atoms. The largest absolute Gasteiger partial charge is 0.370 e. The van der Waals surface area contributed by atoms with Crippen molar-refractivity contribution in [3.8, 4) is 0 Å². The summed E-state index contributed by atoms with van der Waals surface area (Å²) in [4.78, 5) is 28.3. The molecule has 2 aromatic heterocycles. The number of pyridine rings is 1. The van der Waals surface area contributed by atoms with Crippen molar-refractivity contribution in [2.75, 3.05) is 24.6 Å². The predicted octanol–water partition coefficient (Wildman–Crippen LogP) is 0.690. The van der Waals surface area contributed by atoms with Gasteiger partial charge < -0.3 is 9.64 Å². The summed E-state index contributed by atoms with van der Waals surface area (Å²) in [5.41, 5.74) is 0.401. The molecule has 1 fully saturated rings. The zero-order chi connectivity index (χ0) is 15.5. The Morgan fingerprint density at radius 3 is 3.14 bits per heavy atom. The maximum atomic E-state index is 12.1. The Labute approximate surface area is 125 Å². The summed E-state index contributed by atoms with van der Waals surface area (Å²) in [6.45, 7) is 1.42. The van der Waals surface area contributed by atoms with Gasteiger partial charge in [0.1, 0.15) is 11.5 Å². The third-order valence-electron chi connectivity index (χ3n) is 3.40. The zero-order valence-corrected chi connectivity index (χ0v) is 11.7. The number of rotatable bonds is 3. The Kier molecular flexibility index (Phi) is 3.84. The minimum atomic E-state index is -0.525. The lowest BCUT2D eigenvalue weighted by Crippen LogP contribution is -2.42. The summed E-state index contributed by atoms with van der Waals surface area (Å²) in [6, 6.07) is 6.80. The van der Waals surface area contributed by atoms with E-state index in [4.69, 9.17) is 4.74 Å². The molecule has 0 aromatic carbocycles. The molecule has 0 saturated carbocycles. The molecule has 2 aromatic rings. The van der Waals surface area contributed by atoms with E-state index in [1.54, 1.807) is 18.3 Å². The molecule has 0 radical (unpaired) electrons. The van der Waals surface area contributed by atoms with Crippen LogP contribution in [0.25, 0.3) is 5.65 Å². The van der Waals surface area contributed by atoms with Gasteiger partial charge in [-0.05, 0) is 12.1 Å². The Balaban J connectivity index is 1.87. The minimum Gasteiger partial charge on any atom is -0.370 e. The van der Waals surface area contributed by atoms with Gasteiger partial charge in [-0.2, -0.15) is 0 Å². The Hall–Kier alpha value is -2.74. The van der Waals surface area contributed by atoms with Crippen molar-refractivity contribution < 1.29 is 9.66 Å². The molecular formula is C14H14N4O4. The highest BCUT2D eigenvalue weighted by molar-refractivity contribution is 5.48. The molecule has 1 atom stereocenters. The van der Waals surface area contributed by atoms with Crippen molar-refractivity contribution in [2.24, 2.45) is 0 Å².